The van der Waals surface area contributed by atoms with E-state index in [0.717, 1.165) is 38.5 Å². The molecule has 3 aromatic rings. The molecule has 0 radical (unpaired) electrons. The van der Waals surface area contributed by atoms with Gasteiger partial charge < -0.3 is 43.4 Å². The molecule has 0 saturated carbocycles. The fourth-order valence-corrected chi connectivity index (χ4v) is 6.45. The number of rotatable bonds is 10. The summed E-state index contributed by atoms with van der Waals surface area (Å²) < 4.78 is 40.2. The lowest BCUT2D eigenvalue weighted by molar-refractivity contribution is -0.106. The van der Waals surface area contributed by atoms with Crippen molar-refractivity contribution in [3.8, 4) is 17.2 Å². The minimum absolute atomic E-state index is 0.0555. The molecule has 1 N–H and O–H groups in total. The predicted molar refractivity (Wildman–Crippen MR) is 200 cm³/mol. The Bertz CT molecular complexity index is 1740. The summed E-state index contributed by atoms with van der Waals surface area (Å²) in [5.74, 6) is -0.160. The van der Waals surface area contributed by atoms with Crippen molar-refractivity contribution in [1.82, 2.24) is 10.2 Å². The van der Waals surface area contributed by atoms with E-state index in [1.54, 1.807) is 69.3 Å². The van der Waals surface area contributed by atoms with E-state index in [4.69, 9.17) is 33.2 Å². The second-order valence-corrected chi connectivity index (χ2v) is 14.9. The summed E-state index contributed by atoms with van der Waals surface area (Å²) >= 11 is 0. The SMILES string of the molecule is CC(C)(C)OC(=O)N1CCCC(OC(=O)c2ccc(OC3CCCCO3)cc2)C(NC(=O)c2ccc(OC(=O)c3ccc(OC4CCCCO4)cc3)cc2)C1. The van der Waals surface area contributed by atoms with Crippen molar-refractivity contribution in [2.45, 2.75) is 102 Å². The highest BCUT2D eigenvalue weighted by molar-refractivity contribution is 5.95. The fourth-order valence-electron chi connectivity index (χ4n) is 6.45. The Labute approximate surface area is 321 Å². The number of hydrogen-bond acceptors (Lipinski definition) is 11. The normalized spacial score (nSPS) is 21.7. The Hall–Kier alpha value is -5.14. The monoisotopic (exact) mass is 758 g/mol. The van der Waals surface area contributed by atoms with E-state index in [1.807, 2.05) is 0 Å². The van der Waals surface area contributed by atoms with Crippen LogP contribution >= 0.6 is 0 Å². The smallest absolute Gasteiger partial charge is 0.410 e. The molecule has 3 aliphatic heterocycles. The van der Waals surface area contributed by atoms with Crippen LogP contribution in [0.5, 0.6) is 17.2 Å². The lowest BCUT2D eigenvalue weighted by atomic mass is 10.1. The largest absolute Gasteiger partial charge is 0.465 e. The summed E-state index contributed by atoms with van der Waals surface area (Å²) in [6.07, 6.45) is 4.77. The quantitative estimate of drug-likeness (QED) is 0.167. The zero-order chi connectivity index (χ0) is 38.8. The fraction of sp³-hybridized carbons (Fsp3) is 0.476. The summed E-state index contributed by atoms with van der Waals surface area (Å²) in [6.45, 7) is 7.09. The molecule has 3 aliphatic rings. The number of hydrogen-bond donors (Lipinski definition) is 1. The van der Waals surface area contributed by atoms with Gasteiger partial charge in [0.25, 0.3) is 5.91 Å². The molecular weight excluding hydrogens is 708 g/mol. The van der Waals surface area contributed by atoms with Crippen LogP contribution in [0.4, 0.5) is 4.79 Å². The minimum Gasteiger partial charge on any atom is -0.465 e. The first-order chi connectivity index (χ1) is 26.5. The van der Waals surface area contributed by atoms with E-state index in [0.29, 0.717) is 55.2 Å². The van der Waals surface area contributed by atoms with Crippen LogP contribution in [0.25, 0.3) is 0 Å². The maximum atomic E-state index is 13.6. The van der Waals surface area contributed by atoms with Crippen molar-refractivity contribution in [1.29, 1.82) is 0 Å². The molecule has 3 aromatic carbocycles. The highest BCUT2D eigenvalue weighted by Crippen LogP contribution is 2.24. The number of carbonyl (C=O) groups excluding carboxylic acids is 4. The van der Waals surface area contributed by atoms with Crippen molar-refractivity contribution in [3.63, 3.8) is 0 Å². The second-order valence-electron chi connectivity index (χ2n) is 14.9. The van der Waals surface area contributed by atoms with Crippen molar-refractivity contribution in [2.75, 3.05) is 26.3 Å². The number of ether oxygens (including phenoxy) is 7. The number of benzene rings is 3. The van der Waals surface area contributed by atoms with Gasteiger partial charge in [0, 0.05) is 31.5 Å². The van der Waals surface area contributed by atoms with Crippen molar-refractivity contribution in [2.24, 2.45) is 0 Å². The third-order valence-corrected chi connectivity index (χ3v) is 9.33. The zero-order valence-corrected chi connectivity index (χ0v) is 31.7. The number of likely N-dealkylation sites (tertiary alicyclic amines) is 1. The van der Waals surface area contributed by atoms with Gasteiger partial charge in [0.15, 0.2) is 12.6 Å². The molecule has 6 rings (SSSR count). The molecule has 0 spiro atoms. The van der Waals surface area contributed by atoms with Gasteiger partial charge in [-0.25, -0.2) is 14.4 Å². The molecule has 4 unspecified atom stereocenters. The third-order valence-electron chi connectivity index (χ3n) is 9.33. The van der Waals surface area contributed by atoms with Gasteiger partial charge in [-0.3, -0.25) is 4.79 Å². The van der Waals surface area contributed by atoms with E-state index in [9.17, 15) is 19.2 Å². The standard InChI is InChI=1S/C42H50N2O11/c1-42(2,3)55-41(48)44-24-8-9-35(54-40(47)30-16-22-32(23-17-30)52-37-11-5-7-26-50-37)34(27-44)43-38(45)28-12-18-33(19-13-28)53-39(46)29-14-20-31(21-15-29)51-36-10-4-6-25-49-36/h12-23,34-37H,4-11,24-27H2,1-3H3,(H,43,45). The number of nitrogens with one attached hydrogen (secondary N) is 1. The molecule has 4 atom stereocenters. The van der Waals surface area contributed by atoms with Gasteiger partial charge in [-0.1, -0.05) is 0 Å². The minimum atomic E-state index is -0.758. The molecule has 13 heteroatoms. The highest BCUT2D eigenvalue weighted by Gasteiger charge is 2.35. The molecule has 55 heavy (non-hydrogen) atoms. The van der Waals surface area contributed by atoms with Crippen LogP contribution in [-0.4, -0.2) is 85.5 Å². The molecule has 0 aliphatic carbocycles. The highest BCUT2D eigenvalue weighted by atomic mass is 16.7. The number of carbonyl (C=O) groups is 4. The first-order valence-electron chi connectivity index (χ1n) is 19.1. The zero-order valence-electron chi connectivity index (χ0n) is 31.7. The summed E-state index contributed by atoms with van der Waals surface area (Å²) in [5, 5.41) is 2.98. The number of amides is 2. The van der Waals surface area contributed by atoms with E-state index in [-0.39, 0.29) is 30.4 Å². The van der Waals surface area contributed by atoms with Crippen molar-refractivity contribution < 1.29 is 52.3 Å². The Morgan fingerprint density at radius 1 is 0.655 bits per heavy atom. The van der Waals surface area contributed by atoms with E-state index < -0.39 is 41.7 Å². The summed E-state index contributed by atoms with van der Waals surface area (Å²) in [5.41, 5.74) is 0.209. The average Bonchev–Trinajstić information content (AvgIpc) is 3.37. The van der Waals surface area contributed by atoms with Crippen LogP contribution in [0, 0.1) is 0 Å². The van der Waals surface area contributed by atoms with E-state index >= 15 is 0 Å². The first-order valence-corrected chi connectivity index (χ1v) is 19.1. The Morgan fingerprint density at radius 2 is 1.18 bits per heavy atom. The van der Waals surface area contributed by atoms with E-state index in [2.05, 4.69) is 5.32 Å². The molecule has 3 fully saturated rings. The van der Waals surface area contributed by atoms with Crippen molar-refractivity contribution in [3.05, 3.63) is 89.5 Å². The van der Waals surface area contributed by atoms with E-state index in [1.165, 1.54) is 29.2 Å². The lowest BCUT2D eigenvalue weighted by Crippen LogP contribution is -2.51. The van der Waals surface area contributed by atoms with Gasteiger partial charge in [-0.15, -0.1) is 0 Å². The molecule has 0 aromatic heterocycles. The van der Waals surface area contributed by atoms with Crippen LogP contribution in [-0.2, 0) is 18.9 Å². The second kappa shape index (κ2) is 18.5. The van der Waals surface area contributed by atoms with Gasteiger partial charge in [0.05, 0.1) is 30.4 Å². The average molecular weight is 759 g/mol. The maximum Gasteiger partial charge on any atom is 0.410 e. The van der Waals surface area contributed by atoms with Gasteiger partial charge in [0.2, 0.25) is 0 Å². The molecule has 13 nitrogen and oxygen atoms in total. The van der Waals surface area contributed by atoms with Crippen LogP contribution in [0.1, 0.15) is 103 Å². The van der Waals surface area contributed by atoms with Gasteiger partial charge in [0.1, 0.15) is 29.0 Å². The van der Waals surface area contributed by atoms with Crippen LogP contribution in [0.15, 0.2) is 72.8 Å². The van der Waals surface area contributed by atoms with Crippen LogP contribution in [0.2, 0.25) is 0 Å². The molecule has 3 saturated heterocycles. The maximum absolute atomic E-state index is 13.6. The van der Waals surface area contributed by atoms with Crippen LogP contribution < -0.4 is 19.5 Å². The lowest BCUT2D eigenvalue weighted by Gasteiger charge is -2.30. The summed E-state index contributed by atoms with van der Waals surface area (Å²) in [6, 6.07) is 18.6. The molecule has 2 amide bonds. The number of nitrogens with zero attached hydrogens (tertiary/aromatic N) is 1. The molecule has 3 heterocycles. The third kappa shape index (κ3) is 11.7. The predicted octanol–water partition coefficient (Wildman–Crippen LogP) is 7.07. The molecule has 294 valence electrons. The van der Waals surface area contributed by atoms with Gasteiger partial charge in [-0.05, 0) is 132 Å². The summed E-state index contributed by atoms with van der Waals surface area (Å²) in [4.78, 5) is 54.5. The van der Waals surface area contributed by atoms with Gasteiger partial charge in [-0.2, -0.15) is 0 Å². The Kier molecular flexibility index (Phi) is 13.3. The molecule has 0 bridgehead atoms. The Balaban J connectivity index is 1.08. The molecular formula is C42H50N2O11. The van der Waals surface area contributed by atoms with Crippen molar-refractivity contribution >= 4 is 23.9 Å². The number of esters is 2. The topological polar surface area (TPSA) is 148 Å². The van der Waals surface area contributed by atoms with Crippen LogP contribution in [0.3, 0.4) is 0 Å². The van der Waals surface area contributed by atoms with Gasteiger partial charge >= 0.3 is 18.0 Å². The first kappa shape index (κ1) is 39.6. The summed E-state index contributed by atoms with van der Waals surface area (Å²) in [7, 11) is 0. The Morgan fingerprint density at radius 3 is 1.71 bits per heavy atom.